The molecule has 224 valence electrons. The summed E-state index contributed by atoms with van der Waals surface area (Å²) in [5, 5.41) is 5.68. The van der Waals surface area contributed by atoms with Crippen LogP contribution in [0.4, 0.5) is 35.0 Å². The predicted octanol–water partition coefficient (Wildman–Crippen LogP) is 8.26. The van der Waals surface area contributed by atoms with E-state index in [0.29, 0.717) is 17.6 Å². The molecule has 0 aromatic heterocycles. The van der Waals surface area contributed by atoms with Gasteiger partial charge in [0.05, 0.1) is 36.2 Å². The van der Waals surface area contributed by atoms with Crippen LogP contribution >= 0.6 is 11.6 Å². The zero-order chi connectivity index (χ0) is 29.6. The Kier molecular flexibility index (Phi) is 10.6. The van der Waals surface area contributed by atoms with E-state index < -0.39 is 23.7 Å². The highest BCUT2D eigenvalue weighted by molar-refractivity contribution is 6.30. The van der Waals surface area contributed by atoms with Crippen LogP contribution in [0.1, 0.15) is 70.3 Å². The van der Waals surface area contributed by atoms with Crippen molar-refractivity contribution in [3.05, 3.63) is 52.8 Å². The van der Waals surface area contributed by atoms with E-state index in [0.717, 1.165) is 55.8 Å². The number of urea groups is 1. The third kappa shape index (κ3) is 8.61. The lowest BCUT2D eigenvalue weighted by Crippen LogP contribution is -2.40. The molecule has 2 saturated carbocycles. The van der Waals surface area contributed by atoms with Crippen LogP contribution in [0.2, 0.25) is 5.02 Å². The highest BCUT2D eigenvalue weighted by Gasteiger charge is 2.56. The Morgan fingerprint density at radius 1 is 1.12 bits per heavy atom. The van der Waals surface area contributed by atoms with Gasteiger partial charge in [0.25, 0.3) is 5.92 Å². The van der Waals surface area contributed by atoms with Crippen molar-refractivity contribution < 1.29 is 27.5 Å². The summed E-state index contributed by atoms with van der Waals surface area (Å²) >= 11 is 5.85. The minimum atomic E-state index is -2.67. The summed E-state index contributed by atoms with van der Waals surface area (Å²) in [6, 6.07) is 9.35. The van der Waals surface area contributed by atoms with Gasteiger partial charge in [-0.2, -0.15) is 0 Å². The van der Waals surface area contributed by atoms with Crippen molar-refractivity contribution in [1.82, 2.24) is 0 Å². The van der Waals surface area contributed by atoms with Gasteiger partial charge in [0, 0.05) is 36.4 Å². The van der Waals surface area contributed by atoms with E-state index in [1.165, 1.54) is 18.6 Å². The number of halogens is 4. The van der Waals surface area contributed by atoms with E-state index in [4.69, 9.17) is 16.3 Å². The van der Waals surface area contributed by atoms with Gasteiger partial charge in [0.2, 0.25) is 0 Å². The summed E-state index contributed by atoms with van der Waals surface area (Å²) in [5.41, 5.74) is 2.08. The molecule has 2 aromatic rings. The summed E-state index contributed by atoms with van der Waals surface area (Å²) in [4.78, 5) is 27.0. The van der Waals surface area contributed by atoms with E-state index in [1.807, 2.05) is 18.2 Å². The van der Waals surface area contributed by atoms with Crippen LogP contribution in [0.25, 0.3) is 0 Å². The van der Waals surface area contributed by atoms with Crippen LogP contribution in [-0.4, -0.2) is 44.0 Å². The molecule has 2 fully saturated rings. The topological polar surface area (TPSA) is 70.7 Å². The van der Waals surface area contributed by atoms with Gasteiger partial charge in [-0.1, -0.05) is 50.8 Å². The van der Waals surface area contributed by atoms with Crippen molar-refractivity contribution in [2.24, 2.45) is 11.8 Å². The van der Waals surface area contributed by atoms with Gasteiger partial charge in [0.15, 0.2) is 0 Å². The Labute approximate surface area is 245 Å². The van der Waals surface area contributed by atoms with Crippen LogP contribution in [-0.2, 0) is 9.53 Å². The minimum Gasteiger partial charge on any atom is -0.380 e. The first kappa shape index (κ1) is 31.2. The fraction of sp³-hybridized carbons (Fsp3) is 0.548. The molecule has 2 N–H and O–H groups in total. The minimum absolute atomic E-state index is 0.0139. The van der Waals surface area contributed by atoms with Crippen LogP contribution < -0.4 is 15.5 Å². The summed E-state index contributed by atoms with van der Waals surface area (Å²) in [6.07, 6.45) is 6.30. The third-order valence-electron chi connectivity index (χ3n) is 7.78. The second-order valence-electron chi connectivity index (χ2n) is 11.6. The first-order valence-electron chi connectivity index (χ1n) is 14.4. The SMILES string of the molecule is CC(C)CN(c1ccc(C(CC=O)COCC2CC2(F)F)cc1NC(=O)Nc1ccc(Cl)cc1F)C1CCCCC1. The van der Waals surface area contributed by atoms with Crippen LogP contribution in [0.3, 0.4) is 0 Å². The Morgan fingerprint density at radius 3 is 2.46 bits per heavy atom. The second kappa shape index (κ2) is 13.9. The second-order valence-corrected chi connectivity index (χ2v) is 12.1. The number of hydrogen-bond acceptors (Lipinski definition) is 4. The molecule has 2 atom stereocenters. The van der Waals surface area contributed by atoms with Gasteiger partial charge in [-0.05, 0) is 54.7 Å². The van der Waals surface area contributed by atoms with Gasteiger partial charge in [-0.25, -0.2) is 18.0 Å². The quantitative estimate of drug-likeness (QED) is 0.229. The van der Waals surface area contributed by atoms with Gasteiger partial charge in [0.1, 0.15) is 12.1 Å². The van der Waals surface area contributed by atoms with Crippen molar-refractivity contribution in [2.45, 2.75) is 76.7 Å². The zero-order valence-corrected chi connectivity index (χ0v) is 24.4. The number of nitrogens with one attached hydrogen (secondary N) is 2. The Hall–Kier alpha value is -2.78. The molecule has 41 heavy (non-hydrogen) atoms. The van der Waals surface area contributed by atoms with Crippen LogP contribution in [0, 0.1) is 17.7 Å². The molecule has 2 amide bonds. The normalized spacial score (nSPS) is 19.0. The number of anilines is 3. The lowest BCUT2D eigenvalue weighted by Gasteiger charge is -2.38. The van der Waals surface area contributed by atoms with Crippen molar-refractivity contribution in [2.75, 3.05) is 35.3 Å². The van der Waals surface area contributed by atoms with Gasteiger partial charge in [-0.3, -0.25) is 0 Å². The number of carbonyl (C=O) groups is 2. The third-order valence-corrected chi connectivity index (χ3v) is 8.02. The number of rotatable bonds is 13. The monoisotopic (exact) mass is 593 g/mol. The molecule has 10 heteroatoms. The molecule has 0 radical (unpaired) electrons. The maximum atomic E-state index is 14.4. The molecule has 0 bridgehead atoms. The van der Waals surface area contributed by atoms with E-state index in [-0.39, 0.29) is 42.7 Å². The van der Waals surface area contributed by atoms with Gasteiger partial charge < -0.3 is 25.1 Å². The lowest BCUT2D eigenvalue weighted by atomic mass is 9.92. The highest BCUT2D eigenvalue weighted by atomic mass is 35.5. The fourth-order valence-electron chi connectivity index (χ4n) is 5.47. The number of carbonyl (C=O) groups excluding carboxylic acids is 2. The molecule has 6 nitrogen and oxygen atoms in total. The van der Waals surface area contributed by atoms with E-state index in [2.05, 4.69) is 29.4 Å². The molecule has 0 aliphatic heterocycles. The summed E-state index contributed by atoms with van der Waals surface area (Å²) < 4.78 is 46.6. The highest BCUT2D eigenvalue weighted by Crippen LogP contribution is 2.48. The van der Waals surface area contributed by atoms with Gasteiger partial charge >= 0.3 is 6.03 Å². The number of aldehydes is 1. The van der Waals surface area contributed by atoms with Crippen molar-refractivity contribution in [3.8, 4) is 0 Å². The Morgan fingerprint density at radius 2 is 1.83 bits per heavy atom. The van der Waals surface area contributed by atoms with Crippen molar-refractivity contribution in [1.29, 1.82) is 0 Å². The smallest absolute Gasteiger partial charge is 0.323 e. The van der Waals surface area contributed by atoms with E-state index >= 15 is 0 Å². The van der Waals surface area contributed by atoms with Crippen molar-refractivity contribution >= 4 is 41.0 Å². The maximum absolute atomic E-state index is 14.4. The van der Waals surface area contributed by atoms with E-state index in [9.17, 15) is 22.8 Å². The zero-order valence-electron chi connectivity index (χ0n) is 23.6. The molecular weight excluding hydrogens is 555 g/mol. The molecule has 2 aliphatic rings. The standard InChI is InChI=1S/C31H39ClF3N3O3/c1-20(2)17-38(25-6-4-3-5-7-25)29-11-8-21(22(12-13-39)18-41-19-23-16-31(23,34)35)14-28(29)37-30(40)36-27-10-9-24(32)15-26(27)33/h8-11,13-15,20,22-23,25H,3-7,12,16-19H2,1-2H3,(H2,36,37,40). The Bertz CT molecular complexity index is 1210. The predicted molar refractivity (Wildman–Crippen MR) is 157 cm³/mol. The summed E-state index contributed by atoms with van der Waals surface area (Å²) in [5.74, 6) is -4.13. The number of hydrogen-bond donors (Lipinski definition) is 2. The molecule has 2 unspecified atom stereocenters. The number of nitrogens with zero attached hydrogens (tertiary/aromatic N) is 1. The number of ether oxygens (including phenoxy) is 1. The lowest BCUT2D eigenvalue weighted by molar-refractivity contribution is -0.108. The molecule has 2 aliphatic carbocycles. The molecular formula is C31H39ClF3N3O3. The van der Waals surface area contributed by atoms with Crippen LogP contribution in [0.5, 0.6) is 0 Å². The molecule has 2 aromatic carbocycles. The largest absolute Gasteiger partial charge is 0.380 e. The molecule has 0 saturated heterocycles. The van der Waals surface area contributed by atoms with E-state index in [1.54, 1.807) is 0 Å². The summed E-state index contributed by atoms with van der Waals surface area (Å²) in [7, 11) is 0. The first-order valence-corrected chi connectivity index (χ1v) is 14.8. The van der Waals surface area contributed by atoms with Crippen molar-refractivity contribution in [3.63, 3.8) is 0 Å². The fourth-order valence-corrected chi connectivity index (χ4v) is 5.63. The average molecular weight is 594 g/mol. The average Bonchev–Trinajstić information content (AvgIpc) is 3.54. The van der Waals surface area contributed by atoms with Crippen LogP contribution in [0.15, 0.2) is 36.4 Å². The summed E-state index contributed by atoms with van der Waals surface area (Å²) in [6.45, 7) is 5.11. The number of benzene rings is 2. The molecule has 4 rings (SSSR count). The maximum Gasteiger partial charge on any atom is 0.323 e. The first-order chi connectivity index (χ1) is 19.6. The number of alkyl halides is 2. The molecule has 0 heterocycles. The molecule has 0 spiro atoms. The van der Waals surface area contributed by atoms with Gasteiger partial charge in [-0.15, -0.1) is 0 Å². The Balaban J connectivity index is 1.62. The number of amides is 2.